The molecule has 0 radical (unpaired) electrons. The third kappa shape index (κ3) is 6.42. The number of benzene rings is 6. The molecule has 0 aliphatic carbocycles. The Morgan fingerprint density at radius 1 is 0.729 bits per heavy atom. The number of halogens is 5. The quantitative estimate of drug-likeness (QED) is 0.0458. The molecule has 0 saturated heterocycles. The number of unbranched alkanes of at least 4 members (excludes halogenated alkanes) is 1. The number of hydrogen-bond donors (Lipinski definition) is 0. The van der Waals surface area contributed by atoms with Crippen molar-refractivity contribution in [2.24, 2.45) is 0 Å². The Hall–Kier alpha value is -5.04. The highest BCUT2D eigenvalue weighted by Gasteiger charge is 2.57. The molecule has 0 unspecified atom stereocenters. The van der Waals surface area contributed by atoms with Gasteiger partial charge in [-0.2, -0.15) is 22.0 Å². The largest absolute Gasteiger partial charge is 0.463 e. The number of allylic oxidation sites excluding steroid dienone is 1. The van der Waals surface area contributed by atoms with E-state index in [4.69, 9.17) is 4.74 Å². The van der Waals surface area contributed by atoms with E-state index in [0.717, 1.165) is 85.8 Å². The van der Waals surface area contributed by atoms with E-state index in [1.807, 2.05) is 43.3 Å². The lowest BCUT2D eigenvalue weighted by Gasteiger charge is -2.21. The Kier molecular flexibility index (Phi) is 8.82. The van der Waals surface area contributed by atoms with Gasteiger partial charge in [0.25, 0.3) is 0 Å². The number of alkyl halides is 5. The maximum absolute atomic E-state index is 14.1. The molecule has 0 bridgehead atoms. The second-order valence-corrected chi connectivity index (χ2v) is 12.3. The Bertz CT molecular complexity index is 2120. The van der Waals surface area contributed by atoms with Gasteiger partial charge in [-0.15, -0.1) is 0 Å². The normalized spacial score (nSPS) is 12.2. The second-order valence-electron chi connectivity index (χ2n) is 12.3. The van der Waals surface area contributed by atoms with Crippen LogP contribution < -0.4 is 0 Å². The van der Waals surface area contributed by atoms with Crippen LogP contribution in [-0.4, -0.2) is 24.7 Å². The summed E-state index contributed by atoms with van der Waals surface area (Å²) in [6.07, 6.45) is -3.50. The Balaban J connectivity index is 1.45. The van der Waals surface area contributed by atoms with Crippen LogP contribution in [0, 0.1) is 0 Å². The first-order valence-corrected chi connectivity index (χ1v) is 15.7. The van der Waals surface area contributed by atoms with Crippen LogP contribution in [0.15, 0.2) is 110 Å². The van der Waals surface area contributed by atoms with Crippen molar-refractivity contribution in [1.82, 2.24) is 0 Å². The molecule has 0 spiro atoms. The van der Waals surface area contributed by atoms with Gasteiger partial charge >= 0.3 is 18.1 Å². The molecular formula is C41H33F5O2. The van der Waals surface area contributed by atoms with Gasteiger partial charge in [0.15, 0.2) is 0 Å². The lowest BCUT2D eigenvalue weighted by atomic mass is 9.84. The predicted molar refractivity (Wildman–Crippen MR) is 185 cm³/mol. The third-order valence-corrected chi connectivity index (χ3v) is 8.84. The molecule has 6 aromatic carbocycles. The minimum Gasteiger partial charge on any atom is -0.463 e. The average molecular weight is 653 g/mol. The van der Waals surface area contributed by atoms with Gasteiger partial charge in [0, 0.05) is 12.5 Å². The van der Waals surface area contributed by atoms with Crippen LogP contribution in [0.1, 0.15) is 36.5 Å². The fourth-order valence-electron chi connectivity index (χ4n) is 6.36. The number of esters is 1. The minimum absolute atomic E-state index is 0.0755. The highest BCUT2D eigenvalue weighted by molar-refractivity contribution is 6.28. The van der Waals surface area contributed by atoms with Crippen molar-refractivity contribution in [3.05, 3.63) is 127 Å². The summed E-state index contributed by atoms with van der Waals surface area (Å²) in [5.41, 5.74) is 6.97. The zero-order valence-electron chi connectivity index (χ0n) is 26.4. The number of ether oxygens (including phenoxy) is 1. The molecule has 0 heterocycles. The number of rotatable bonds is 11. The van der Waals surface area contributed by atoms with Crippen molar-refractivity contribution in [3.8, 4) is 22.3 Å². The Labute approximate surface area is 275 Å². The second kappa shape index (κ2) is 12.9. The van der Waals surface area contributed by atoms with Crippen molar-refractivity contribution in [1.29, 1.82) is 0 Å². The summed E-state index contributed by atoms with van der Waals surface area (Å²) < 4.78 is 72.5. The fourth-order valence-corrected chi connectivity index (χ4v) is 6.36. The monoisotopic (exact) mass is 652 g/mol. The molecule has 0 saturated carbocycles. The molecule has 0 aromatic heterocycles. The number of aryl methyl sites for hydroxylation is 1. The number of carbonyl (C=O) groups is 1. The molecule has 0 aliphatic rings. The minimum atomic E-state index is -5.63. The van der Waals surface area contributed by atoms with Gasteiger partial charge in [-0.05, 0) is 104 Å². The van der Waals surface area contributed by atoms with Crippen LogP contribution in [0.25, 0.3) is 60.1 Å². The standard InChI is InChI=1S/C41H33F5O2/c1-4-37(47)48-20-6-5-7-26-8-10-29(11-9-26)35-23-36(30-14-12-28(13-15-30)25(2)3)34-19-17-32-22-27(24-40(42,43)41(44,45)46)21-31-16-18-33(35)39(34)38(31)32/h4,8-19,21-23H,1-2,5-7,20,24H2,3H3. The molecule has 0 aliphatic heterocycles. The van der Waals surface area contributed by atoms with Crippen LogP contribution in [-0.2, 0) is 22.4 Å². The summed E-state index contributed by atoms with van der Waals surface area (Å²) >= 11 is 0. The summed E-state index contributed by atoms with van der Waals surface area (Å²) in [5.74, 6) is -5.27. The van der Waals surface area contributed by atoms with E-state index in [2.05, 4.69) is 43.5 Å². The van der Waals surface area contributed by atoms with E-state index in [9.17, 15) is 26.7 Å². The predicted octanol–water partition coefficient (Wildman–Crippen LogP) is 11.7. The van der Waals surface area contributed by atoms with Gasteiger partial charge in [-0.1, -0.05) is 104 Å². The molecule has 0 fully saturated rings. The van der Waals surface area contributed by atoms with Gasteiger partial charge in [0.2, 0.25) is 0 Å². The number of carbonyl (C=O) groups excluding carboxylic acids is 1. The van der Waals surface area contributed by atoms with E-state index in [1.54, 1.807) is 12.1 Å². The molecule has 6 aromatic rings. The molecule has 0 atom stereocenters. The summed E-state index contributed by atoms with van der Waals surface area (Å²) in [6, 6.07) is 29.0. The summed E-state index contributed by atoms with van der Waals surface area (Å²) in [5, 5.41) is 4.86. The summed E-state index contributed by atoms with van der Waals surface area (Å²) in [6.45, 7) is 9.73. The molecule has 6 rings (SSSR count). The van der Waals surface area contributed by atoms with E-state index >= 15 is 0 Å². The van der Waals surface area contributed by atoms with Crippen LogP contribution >= 0.6 is 0 Å². The Morgan fingerprint density at radius 3 is 1.81 bits per heavy atom. The first-order valence-electron chi connectivity index (χ1n) is 15.7. The Morgan fingerprint density at radius 2 is 1.29 bits per heavy atom. The van der Waals surface area contributed by atoms with E-state index in [1.165, 1.54) is 12.1 Å². The SMILES string of the molecule is C=CC(=O)OCCCCc1ccc(-c2cc(-c3ccc(C(=C)C)cc3)c3ccc4cc(CC(F)(F)C(F)(F)F)cc5ccc2c3c54)cc1. The highest BCUT2D eigenvalue weighted by Crippen LogP contribution is 2.45. The van der Waals surface area contributed by atoms with Crippen molar-refractivity contribution in [2.75, 3.05) is 6.61 Å². The molecular weight excluding hydrogens is 619 g/mol. The lowest BCUT2D eigenvalue weighted by Crippen LogP contribution is -2.38. The van der Waals surface area contributed by atoms with E-state index in [0.29, 0.717) is 17.4 Å². The highest BCUT2D eigenvalue weighted by atomic mass is 19.4. The van der Waals surface area contributed by atoms with Crippen LogP contribution in [0.5, 0.6) is 0 Å². The summed E-state index contributed by atoms with van der Waals surface area (Å²) in [7, 11) is 0. The van der Waals surface area contributed by atoms with E-state index in [-0.39, 0.29) is 5.56 Å². The first-order chi connectivity index (χ1) is 22.9. The van der Waals surface area contributed by atoms with Gasteiger partial charge in [-0.3, -0.25) is 0 Å². The zero-order valence-corrected chi connectivity index (χ0v) is 26.4. The van der Waals surface area contributed by atoms with Crippen molar-refractivity contribution in [3.63, 3.8) is 0 Å². The topological polar surface area (TPSA) is 26.3 Å². The maximum Gasteiger partial charge on any atom is 0.453 e. The molecule has 0 N–H and O–H groups in total. The summed E-state index contributed by atoms with van der Waals surface area (Å²) in [4.78, 5) is 11.3. The average Bonchev–Trinajstić information content (AvgIpc) is 3.06. The van der Waals surface area contributed by atoms with Crippen LogP contribution in [0.3, 0.4) is 0 Å². The molecule has 7 heteroatoms. The van der Waals surface area contributed by atoms with Gasteiger partial charge in [0.05, 0.1) is 6.61 Å². The lowest BCUT2D eigenvalue weighted by molar-refractivity contribution is -0.281. The number of hydrogen-bond acceptors (Lipinski definition) is 2. The van der Waals surface area contributed by atoms with Crippen LogP contribution in [0.4, 0.5) is 22.0 Å². The molecule has 2 nitrogen and oxygen atoms in total. The first kappa shape index (κ1) is 32.9. The van der Waals surface area contributed by atoms with Gasteiger partial charge in [-0.25, -0.2) is 4.79 Å². The van der Waals surface area contributed by atoms with Crippen LogP contribution in [0.2, 0.25) is 0 Å². The fraction of sp³-hybridized carbons (Fsp3) is 0.195. The maximum atomic E-state index is 14.1. The van der Waals surface area contributed by atoms with Gasteiger partial charge < -0.3 is 4.74 Å². The van der Waals surface area contributed by atoms with Crippen molar-refractivity contribution in [2.45, 2.75) is 44.7 Å². The van der Waals surface area contributed by atoms with Gasteiger partial charge in [0.1, 0.15) is 0 Å². The van der Waals surface area contributed by atoms with Crippen molar-refractivity contribution < 1.29 is 31.5 Å². The van der Waals surface area contributed by atoms with Crippen molar-refractivity contribution >= 4 is 43.9 Å². The van der Waals surface area contributed by atoms with E-state index < -0.39 is 24.5 Å². The molecule has 244 valence electrons. The molecule has 0 amide bonds. The third-order valence-electron chi connectivity index (χ3n) is 8.84. The molecule has 48 heavy (non-hydrogen) atoms. The zero-order chi connectivity index (χ0) is 34.2. The smallest absolute Gasteiger partial charge is 0.453 e.